The van der Waals surface area contributed by atoms with Crippen molar-refractivity contribution >= 4 is 34.0 Å². The zero-order valence-electron chi connectivity index (χ0n) is 15.6. The first-order valence-corrected chi connectivity index (χ1v) is 8.93. The number of anilines is 3. The van der Waals surface area contributed by atoms with E-state index in [1.165, 1.54) is 0 Å². The summed E-state index contributed by atoms with van der Waals surface area (Å²) in [5.74, 6) is 0.772. The zero-order chi connectivity index (χ0) is 19.5. The van der Waals surface area contributed by atoms with Crippen LogP contribution in [0.2, 0.25) is 0 Å². The monoisotopic (exact) mass is 369 g/mol. The van der Waals surface area contributed by atoms with E-state index in [0.717, 1.165) is 22.2 Å². The lowest BCUT2D eigenvalue weighted by Crippen LogP contribution is -2.15. The molecule has 0 aliphatic rings. The molecule has 0 unspecified atom stereocenters. The third kappa shape index (κ3) is 3.81. The van der Waals surface area contributed by atoms with Crippen molar-refractivity contribution in [2.24, 2.45) is 0 Å². The van der Waals surface area contributed by atoms with Gasteiger partial charge in [-0.25, -0.2) is 9.97 Å². The van der Waals surface area contributed by atoms with E-state index in [1.54, 1.807) is 19.2 Å². The first-order valence-electron chi connectivity index (χ1n) is 8.93. The van der Waals surface area contributed by atoms with Gasteiger partial charge in [-0.1, -0.05) is 30.3 Å². The summed E-state index contributed by atoms with van der Waals surface area (Å²) in [4.78, 5) is 25.8. The van der Waals surface area contributed by atoms with E-state index in [2.05, 4.69) is 25.6 Å². The summed E-state index contributed by atoms with van der Waals surface area (Å²) in [6, 6.07) is 19.1. The minimum absolute atomic E-state index is 0.288. The lowest BCUT2D eigenvalue weighted by molar-refractivity contribution is 0.102. The molecule has 1 amide bonds. The molecule has 6 heteroatoms. The van der Waals surface area contributed by atoms with Crippen LogP contribution in [0.25, 0.3) is 10.9 Å². The summed E-state index contributed by atoms with van der Waals surface area (Å²) in [7, 11) is 0. The van der Waals surface area contributed by atoms with E-state index >= 15 is 0 Å². The number of benzene rings is 2. The molecular formula is C22H19N5O. The largest absolute Gasteiger partial charge is 0.340 e. The van der Waals surface area contributed by atoms with Crippen LogP contribution in [0.3, 0.4) is 0 Å². The number of nitrogens with one attached hydrogen (secondary N) is 2. The molecule has 0 saturated carbocycles. The molecule has 138 valence electrons. The van der Waals surface area contributed by atoms with E-state index in [4.69, 9.17) is 0 Å². The lowest BCUT2D eigenvalue weighted by Gasteiger charge is -2.10. The maximum Gasteiger partial charge on any atom is 0.274 e. The second-order valence-corrected chi connectivity index (χ2v) is 6.51. The van der Waals surface area contributed by atoms with Crippen LogP contribution in [0.4, 0.5) is 17.2 Å². The van der Waals surface area contributed by atoms with Crippen molar-refractivity contribution in [2.45, 2.75) is 13.8 Å². The Morgan fingerprint density at radius 2 is 1.75 bits per heavy atom. The topological polar surface area (TPSA) is 79.8 Å². The first-order chi connectivity index (χ1) is 13.6. The Labute approximate surface area is 162 Å². The van der Waals surface area contributed by atoms with Gasteiger partial charge in [0.2, 0.25) is 0 Å². The second-order valence-electron chi connectivity index (χ2n) is 6.51. The minimum Gasteiger partial charge on any atom is -0.340 e. The van der Waals surface area contributed by atoms with Crippen LogP contribution >= 0.6 is 0 Å². The van der Waals surface area contributed by atoms with Gasteiger partial charge < -0.3 is 10.6 Å². The number of hydrogen-bond acceptors (Lipinski definition) is 5. The molecule has 0 radical (unpaired) electrons. The Bertz CT molecular complexity index is 1170. The number of aryl methyl sites for hydroxylation is 2. The highest BCUT2D eigenvalue weighted by Gasteiger charge is 2.13. The summed E-state index contributed by atoms with van der Waals surface area (Å²) < 4.78 is 0. The van der Waals surface area contributed by atoms with Crippen molar-refractivity contribution in [1.29, 1.82) is 0 Å². The predicted octanol–water partition coefficient (Wildman–Crippen LogP) is 4.64. The van der Waals surface area contributed by atoms with Crippen molar-refractivity contribution in [2.75, 3.05) is 10.6 Å². The molecule has 0 saturated heterocycles. The molecule has 0 bridgehead atoms. The van der Waals surface area contributed by atoms with Crippen molar-refractivity contribution in [3.05, 3.63) is 83.9 Å². The average molecular weight is 369 g/mol. The fraction of sp³-hybridized carbons (Fsp3) is 0.0909. The van der Waals surface area contributed by atoms with Gasteiger partial charge >= 0.3 is 0 Å². The van der Waals surface area contributed by atoms with Crippen molar-refractivity contribution < 1.29 is 4.79 Å². The van der Waals surface area contributed by atoms with Gasteiger partial charge in [-0.2, -0.15) is 0 Å². The Morgan fingerprint density at radius 3 is 2.61 bits per heavy atom. The van der Waals surface area contributed by atoms with E-state index in [1.807, 2.05) is 61.5 Å². The smallest absolute Gasteiger partial charge is 0.274 e. The Hall–Kier alpha value is -3.80. The van der Waals surface area contributed by atoms with E-state index < -0.39 is 0 Å². The molecule has 0 fully saturated rings. The first kappa shape index (κ1) is 17.6. The van der Waals surface area contributed by atoms with Gasteiger partial charge in [-0.3, -0.25) is 9.78 Å². The molecule has 0 aliphatic carbocycles. The predicted molar refractivity (Wildman–Crippen MR) is 111 cm³/mol. The zero-order valence-corrected chi connectivity index (χ0v) is 15.6. The number of rotatable bonds is 4. The fourth-order valence-electron chi connectivity index (χ4n) is 3.01. The molecule has 6 nitrogen and oxygen atoms in total. The number of pyridine rings is 1. The van der Waals surface area contributed by atoms with Gasteiger partial charge in [0, 0.05) is 23.3 Å². The molecule has 0 atom stereocenters. The van der Waals surface area contributed by atoms with Gasteiger partial charge in [0.15, 0.2) is 0 Å². The molecule has 2 N–H and O–H groups in total. The van der Waals surface area contributed by atoms with Gasteiger partial charge in [0.25, 0.3) is 5.91 Å². The normalized spacial score (nSPS) is 10.6. The fourth-order valence-corrected chi connectivity index (χ4v) is 3.01. The van der Waals surface area contributed by atoms with Crippen LogP contribution in [0.5, 0.6) is 0 Å². The summed E-state index contributed by atoms with van der Waals surface area (Å²) in [6.07, 6.45) is 1.71. The highest BCUT2D eigenvalue weighted by molar-refractivity contribution is 6.07. The van der Waals surface area contributed by atoms with Crippen LogP contribution in [0, 0.1) is 13.8 Å². The Balaban J connectivity index is 1.61. The van der Waals surface area contributed by atoms with E-state index in [-0.39, 0.29) is 11.6 Å². The highest BCUT2D eigenvalue weighted by atomic mass is 16.1. The van der Waals surface area contributed by atoms with Gasteiger partial charge in [0.1, 0.15) is 17.3 Å². The number of carbonyl (C=O) groups excluding carboxylic acids is 1. The number of carbonyl (C=O) groups is 1. The summed E-state index contributed by atoms with van der Waals surface area (Å²) in [5.41, 5.74) is 3.71. The maximum absolute atomic E-state index is 12.8. The molecule has 0 aliphatic heterocycles. The molecule has 2 heterocycles. The van der Waals surface area contributed by atoms with Gasteiger partial charge in [-0.15, -0.1) is 0 Å². The molecule has 2 aromatic carbocycles. The number of fused-ring (bicyclic) bond motifs is 1. The third-order valence-electron chi connectivity index (χ3n) is 4.24. The molecule has 0 spiro atoms. The SMILES string of the molecule is Cc1cccc(Nc2cc(C(=O)Nc3cccc4cccnc34)nc(C)n2)c1. The number of aromatic nitrogens is 3. The van der Waals surface area contributed by atoms with E-state index in [0.29, 0.717) is 17.3 Å². The van der Waals surface area contributed by atoms with Crippen molar-refractivity contribution in [3.8, 4) is 0 Å². The number of hydrogen-bond donors (Lipinski definition) is 2. The third-order valence-corrected chi connectivity index (χ3v) is 4.24. The molecule has 2 aromatic heterocycles. The molecule has 4 rings (SSSR count). The van der Waals surface area contributed by atoms with Crippen molar-refractivity contribution in [3.63, 3.8) is 0 Å². The van der Waals surface area contributed by atoms with Crippen LogP contribution in [0.15, 0.2) is 66.9 Å². The quantitative estimate of drug-likeness (QED) is 0.548. The highest BCUT2D eigenvalue weighted by Crippen LogP contribution is 2.22. The number of nitrogens with zero attached hydrogens (tertiary/aromatic N) is 3. The minimum atomic E-state index is -0.309. The summed E-state index contributed by atoms with van der Waals surface area (Å²) >= 11 is 0. The number of amides is 1. The average Bonchev–Trinajstić information content (AvgIpc) is 2.68. The molecule has 4 aromatic rings. The maximum atomic E-state index is 12.8. The van der Waals surface area contributed by atoms with Crippen LogP contribution in [0.1, 0.15) is 21.9 Å². The summed E-state index contributed by atoms with van der Waals surface area (Å²) in [5, 5.41) is 7.10. The van der Waals surface area contributed by atoms with Crippen LogP contribution < -0.4 is 10.6 Å². The summed E-state index contributed by atoms with van der Waals surface area (Å²) in [6.45, 7) is 3.78. The standard InChI is InChI=1S/C22H19N5O/c1-14-6-3-9-17(12-14)26-20-13-19(24-15(2)25-20)22(28)27-18-10-4-7-16-8-5-11-23-21(16)18/h3-13H,1-2H3,(H,27,28)(H,24,25,26). The lowest BCUT2D eigenvalue weighted by atomic mass is 10.2. The second kappa shape index (κ2) is 7.44. The molecule has 28 heavy (non-hydrogen) atoms. The van der Waals surface area contributed by atoms with Crippen molar-refractivity contribution in [1.82, 2.24) is 15.0 Å². The van der Waals surface area contributed by atoms with E-state index in [9.17, 15) is 4.79 Å². The van der Waals surface area contributed by atoms with Gasteiger partial charge in [-0.05, 0) is 43.7 Å². The Morgan fingerprint density at radius 1 is 0.929 bits per heavy atom. The number of para-hydroxylation sites is 1. The molecular weight excluding hydrogens is 350 g/mol. The van der Waals surface area contributed by atoms with Gasteiger partial charge in [0.05, 0.1) is 11.2 Å². The Kier molecular flexibility index (Phi) is 4.68. The van der Waals surface area contributed by atoms with Crippen LogP contribution in [-0.2, 0) is 0 Å². The van der Waals surface area contributed by atoms with Crippen LogP contribution in [-0.4, -0.2) is 20.9 Å².